The van der Waals surface area contributed by atoms with Crippen LogP contribution in [-0.4, -0.2) is 24.2 Å². The molecule has 0 aliphatic heterocycles. The first kappa shape index (κ1) is 14.7. The van der Waals surface area contributed by atoms with Crippen LogP contribution in [0.25, 0.3) is 11.1 Å². The number of carbonyl (C=O) groups excluding carboxylic acids is 1. The molecule has 21 heavy (non-hydrogen) atoms. The lowest BCUT2D eigenvalue weighted by molar-refractivity contribution is 0.0601. The van der Waals surface area contributed by atoms with E-state index in [-0.39, 0.29) is 17.7 Å². The fraction of sp³-hybridized carbons (Fsp3) is 0.125. The van der Waals surface area contributed by atoms with Gasteiger partial charge in [-0.2, -0.15) is 0 Å². The van der Waals surface area contributed by atoms with Crippen LogP contribution in [0.4, 0.5) is 0 Å². The summed E-state index contributed by atoms with van der Waals surface area (Å²) in [5.41, 5.74) is 7.67. The molecule has 0 heterocycles. The number of aromatic carboxylic acids is 1. The van der Waals surface area contributed by atoms with Crippen LogP contribution < -0.4 is 5.73 Å². The van der Waals surface area contributed by atoms with Crippen LogP contribution >= 0.6 is 0 Å². The van der Waals surface area contributed by atoms with E-state index in [4.69, 9.17) is 10.5 Å². The maximum absolute atomic E-state index is 11.9. The van der Waals surface area contributed by atoms with Crippen LogP contribution in [-0.2, 0) is 11.3 Å². The monoisotopic (exact) mass is 285 g/mol. The van der Waals surface area contributed by atoms with Gasteiger partial charge in [-0.1, -0.05) is 30.3 Å². The maximum Gasteiger partial charge on any atom is 0.338 e. The standard InChI is InChI=1S/C16H15NO4/c1-21-16(20)13-8-4-7-12(15(18)19)14(13)11-6-3-2-5-10(11)9-17/h2-8H,9,17H2,1H3,(H,18,19). The van der Waals surface area contributed by atoms with E-state index in [1.165, 1.54) is 19.2 Å². The molecule has 0 aromatic heterocycles. The zero-order valence-corrected chi connectivity index (χ0v) is 11.5. The molecule has 108 valence electrons. The molecule has 0 atom stereocenters. The Morgan fingerprint density at radius 2 is 1.76 bits per heavy atom. The Morgan fingerprint density at radius 3 is 2.38 bits per heavy atom. The lowest BCUT2D eigenvalue weighted by atomic mass is 9.91. The third-order valence-corrected chi connectivity index (χ3v) is 3.21. The van der Waals surface area contributed by atoms with Gasteiger partial charge in [0.1, 0.15) is 0 Å². The van der Waals surface area contributed by atoms with Gasteiger partial charge >= 0.3 is 11.9 Å². The number of esters is 1. The van der Waals surface area contributed by atoms with Crippen molar-refractivity contribution in [3.05, 3.63) is 59.2 Å². The van der Waals surface area contributed by atoms with E-state index >= 15 is 0 Å². The number of carboxylic acid groups (broad SMARTS) is 1. The van der Waals surface area contributed by atoms with Gasteiger partial charge < -0.3 is 15.6 Å². The lowest BCUT2D eigenvalue weighted by Gasteiger charge is -2.14. The Hall–Kier alpha value is -2.66. The molecule has 2 aromatic rings. The largest absolute Gasteiger partial charge is 0.478 e. The Morgan fingerprint density at radius 1 is 1.10 bits per heavy atom. The summed E-state index contributed by atoms with van der Waals surface area (Å²) in [4.78, 5) is 23.4. The molecular formula is C16H15NO4. The molecule has 0 spiro atoms. The average molecular weight is 285 g/mol. The molecular weight excluding hydrogens is 270 g/mol. The Balaban J connectivity index is 2.81. The van der Waals surface area contributed by atoms with Gasteiger partial charge in [0.2, 0.25) is 0 Å². The molecule has 2 rings (SSSR count). The number of benzene rings is 2. The predicted octanol–water partition coefficient (Wildman–Crippen LogP) is 2.30. The first-order valence-electron chi connectivity index (χ1n) is 6.33. The van der Waals surface area contributed by atoms with E-state index in [9.17, 15) is 14.7 Å². The summed E-state index contributed by atoms with van der Waals surface area (Å²) in [5.74, 6) is -1.69. The molecule has 3 N–H and O–H groups in total. The third-order valence-electron chi connectivity index (χ3n) is 3.21. The highest BCUT2D eigenvalue weighted by Gasteiger charge is 2.21. The summed E-state index contributed by atoms with van der Waals surface area (Å²) in [5, 5.41) is 9.39. The van der Waals surface area contributed by atoms with Crippen molar-refractivity contribution in [2.75, 3.05) is 7.11 Å². The number of nitrogens with two attached hydrogens (primary N) is 1. The van der Waals surface area contributed by atoms with Crippen LogP contribution in [0.5, 0.6) is 0 Å². The van der Waals surface area contributed by atoms with Crippen molar-refractivity contribution in [3.63, 3.8) is 0 Å². The van der Waals surface area contributed by atoms with Gasteiger partial charge in [-0.25, -0.2) is 9.59 Å². The van der Waals surface area contributed by atoms with Crippen LogP contribution in [0, 0.1) is 0 Å². The minimum atomic E-state index is -1.11. The van der Waals surface area contributed by atoms with Crippen molar-refractivity contribution in [1.29, 1.82) is 0 Å². The van der Waals surface area contributed by atoms with Crippen molar-refractivity contribution < 1.29 is 19.4 Å². The highest BCUT2D eigenvalue weighted by molar-refractivity contribution is 6.05. The molecule has 2 aromatic carbocycles. The lowest BCUT2D eigenvalue weighted by Crippen LogP contribution is -2.10. The van der Waals surface area contributed by atoms with Crippen LogP contribution in [0.1, 0.15) is 26.3 Å². The Bertz CT molecular complexity index is 694. The molecule has 0 saturated heterocycles. The van der Waals surface area contributed by atoms with E-state index in [2.05, 4.69) is 0 Å². The predicted molar refractivity (Wildman–Crippen MR) is 78.1 cm³/mol. The first-order valence-corrected chi connectivity index (χ1v) is 6.33. The fourth-order valence-corrected chi connectivity index (χ4v) is 2.24. The number of hydrogen-bond acceptors (Lipinski definition) is 4. The maximum atomic E-state index is 11.9. The van der Waals surface area contributed by atoms with Crippen molar-refractivity contribution in [1.82, 2.24) is 0 Å². The van der Waals surface area contributed by atoms with Gasteiger partial charge in [0.15, 0.2) is 0 Å². The second-order valence-corrected chi connectivity index (χ2v) is 4.39. The molecule has 0 aliphatic rings. The number of ether oxygens (including phenoxy) is 1. The van der Waals surface area contributed by atoms with E-state index < -0.39 is 11.9 Å². The molecule has 0 aliphatic carbocycles. The molecule has 5 heteroatoms. The van der Waals surface area contributed by atoms with E-state index in [0.717, 1.165) is 5.56 Å². The third kappa shape index (κ3) is 2.78. The zero-order chi connectivity index (χ0) is 15.4. The minimum absolute atomic E-state index is 0.0406. The number of carboxylic acids is 1. The van der Waals surface area contributed by atoms with Crippen LogP contribution in [0.15, 0.2) is 42.5 Å². The summed E-state index contributed by atoms with van der Waals surface area (Å²) in [6.45, 7) is 0.241. The molecule has 0 fully saturated rings. The Labute approximate surface area is 122 Å². The van der Waals surface area contributed by atoms with Crippen molar-refractivity contribution in [3.8, 4) is 11.1 Å². The summed E-state index contributed by atoms with van der Waals surface area (Å²) in [6, 6.07) is 11.6. The van der Waals surface area contributed by atoms with Gasteiger partial charge in [0.25, 0.3) is 0 Å². The number of hydrogen-bond donors (Lipinski definition) is 2. The van der Waals surface area contributed by atoms with E-state index in [1.807, 2.05) is 6.07 Å². The summed E-state index contributed by atoms with van der Waals surface area (Å²) in [7, 11) is 1.26. The van der Waals surface area contributed by atoms with Gasteiger partial charge in [-0.05, 0) is 23.3 Å². The minimum Gasteiger partial charge on any atom is -0.478 e. The molecule has 0 bridgehead atoms. The molecule has 0 saturated carbocycles. The van der Waals surface area contributed by atoms with Gasteiger partial charge in [-0.15, -0.1) is 0 Å². The summed E-state index contributed by atoms with van der Waals surface area (Å²) < 4.78 is 4.74. The van der Waals surface area contributed by atoms with Crippen LogP contribution in [0.2, 0.25) is 0 Å². The molecule has 5 nitrogen and oxygen atoms in total. The number of methoxy groups -OCH3 is 1. The Kier molecular flexibility index (Phi) is 4.35. The first-order chi connectivity index (χ1) is 10.1. The molecule has 0 radical (unpaired) electrons. The quantitative estimate of drug-likeness (QED) is 0.841. The van der Waals surface area contributed by atoms with Crippen LogP contribution in [0.3, 0.4) is 0 Å². The highest BCUT2D eigenvalue weighted by atomic mass is 16.5. The second kappa shape index (κ2) is 6.19. The fourth-order valence-electron chi connectivity index (χ4n) is 2.24. The smallest absolute Gasteiger partial charge is 0.338 e. The summed E-state index contributed by atoms with van der Waals surface area (Å²) in [6.07, 6.45) is 0. The van der Waals surface area contributed by atoms with Crippen molar-refractivity contribution >= 4 is 11.9 Å². The number of carbonyl (C=O) groups is 2. The van der Waals surface area contributed by atoms with Crippen molar-refractivity contribution in [2.24, 2.45) is 5.73 Å². The number of rotatable bonds is 4. The normalized spacial score (nSPS) is 10.2. The highest BCUT2D eigenvalue weighted by Crippen LogP contribution is 2.31. The topological polar surface area (TPSA) is 89.6 Å². The van der Waals surface area contributed by atoms with Gasteiger partial charge in [0, 0.05) is 12.1 Å². The van der Waals surface area contributed by atoms with Crippen molar-refractivity contribution in [2.45, 2.75) is 6.54 Å². The molecule has 0 unspecified atom stereocenters. The van der Waals surface area contributed by atoms with Gasteiger partial charge in [-0.3, -0.25) is 0 Å². The van der Waals surface area contributed by atoms with E-state index in [0.29, 0.717) is 11.1 Å². The molecule has 0 amide bonds. The SMILES string of the molecule is COC(=O)c1cccc(C(=O)O)c1-c1ccccc1CN. The average Bonchev–Trinajstić information content (AvgIpc) is 2.53. The van der Waals surface area contributed by atoms with E-state index in [1.54, 1.807) is 24.3 Å². The van der Waals surface area contributed by atoms with Gasteiger partial charge in [0.05, 0.1) is 18.2 Å². The summed E-state index contributed by atoms with van der Waals surface area (Å²) >= 11 is 0. The zero-order valence-electron chi connectivity index (χ0n) is 11.5. The second-order valence-electron chi connectivity index (χ2n) is 4.39.